The van der Waals surface area contributed by atoms with Crippen LogP contribution in [0.3, 0.4) is 0 Å². The second-order valence-electron chi connectivity index (χ2n) is 9.53. The summed E-state index contributed by atoms with van der Waals surface area (Å²) in [7, 11) is 1.71. The van der Waals surface area contributed by atoms with E-state index in [0.717, 1.165) is 61.9 Å². The number of fused-ring (bicyclic) bond motifs is 2. The molecule has 0 aromatic heterocycles. The van der Waals surface area contributed by atoms with Crippen molar-refractivity contribution in [3.05, 3.63) is 94.5 Å². The van der Waals surface area contributed by atoms with E-state index in [0.29, 0.717) is 6.42 Å². The van der Waals surface area contributed by atoms with Crippen molar-refractivity contribution in [3.8, 4) is 5.75 Å². The summed E-state index contributed by atoms with van der Waals surface area (Å²) in [6, 6.07) is 24.6. The van der Waals surface area contributed by atoms with Gasteiger partial charge in [0.1, 0.15) is 5.75 Å². The molecule has 3 aromatic carbocycles. The number of likely N-dealkylation sites (tertiary alicyclic amines) is 1. The third-order valence-electron chi connectivity index (χ3n) is 7.41. The minimum Gasteiger partial charge on any atom is -0.497 e. The SMILES string of the molecule is COc1ccc2c(c1)C1(CCN(Cc3cccc(Cl)c3)CC1)CN2C(=O)CCc1ccccc1. The Bertz CT molecular complexity index is 1160. The summed E-state index contributed by atoms with van der Waals surface area (Å²) in [4.78, 5) is 17.9. The van der Waals surface area contributed by atoms with Crippen molar-refractivity contribution in [1.29, 1.82) is 0 Å². The van der Waals surface area contributed by atoms with Crippen LogP contribution in [0.25, 0.3) is 0 Å². The number of hydrogen-bond donors (Lipinski definition) is 0. The van der Waals surface area contributed by atoms with Crippen molar-refractivity contribution in [2.24, 2.45) is 0 Å². The van der Waals surface area contributed by atoms with Gasteiger partial charge >= 0.3 is 0 Å². The van der Waals surface area contributed by atoms with Crippen LogP contribution >= 0.6 is 11.6 Å². The average Bonchev–Trinajstić information content (AvgIpc) is 3.18. The van der Waals surface area contributed by atoms with Crippen LogP contribution in [-0.2, 0) is 23.2 Å². The van der Waals surface area contributed by atoms with Gasteiger partial charge in [0.05, 0.1) is 7.11 Å². The molecular weight excluding hydrogens is 444 g/mol. The Morgan fingerprint density at radius 1 is 0.971 bits per heavy atom. The van der Waals surface area contributed by atoms with E-state index in [1.165, 1.54) is 16.7 Å². The Labute approximate surface area is 207 Å². The quantitative estimate of drug-likeness (QED) is 0.448. The molecule has 0 radical (unpaired) electrons. The van der Waals surface area contributed by atoms with Gasteiger partial charge < -0.3 is 9.64 Å². The Morgan fingerprint density at radius 3 is 2.47 bits per heavy atom. The van der Waals surface area contributed by atoms with Gasteiger partial charge in [-0.1, -0.05) is 54.1 Å². The van der Waals surface area contributed by atoms with Crippen LogP contribution < -0.4 is 9.64 Å². The lowest BCUT2D eigenvalue weighted by atomic mass is 9.74. The van der Waals surface area contributed by atoms with E-state index in [1.807, 2.05) is 41.3 Å². The zero-order chi connectivity index (χ0) is 23.5. The number of anilines is 1. The summed E-state index contributed by atoms with van der Waals surface area (Å²) in [6.45, 7) is 3.65. The molecule has 0 atom stereocenters. The van der Waals surface area contributed by atoms with Crippen LogP contribution in [-0.4, -0.2) is 37.6 Å². The van der Waals surface area contributed by atoms with Crippen molar-refractivity contribution in [1.82, 2.24) is 4.90 Å². The highest BCUT2D eigenvalue weighted by Gasteiger charge is 2.46. The van der Waals surface area contributed by atoms with Crippen molar-refractivity contribution < 1.29 is 9.53 Å². The maximum absolute atomic E-state index is 13.4. The molecule has 0 unspecified atom stereocenters. The molecule has 176 valence electrons. The predicted molar refractivity (Wildman–Crippen MR) is 138 cm³/mol. The van der Waals surface area contributed by atoms with E-state index in [1.54, 1.807) is 7.11 Å². The largest absolute Gasteiger partial charge is 0.497 e. The number of carbonyl (C=O) groups excluding carboxylic acids is 1. The number of nitrogens with zero attached hydrogens (tertiary/aromatic N) is 2. The third kappa shape index (κ3) is 4.70. The number of ether oxygens (including phenoxy) is 1. The number of halogens is 1. The average molecular weight is 475 g/mol. The molecule has 0 bridgehead atoms. The number of rotatable bonds is 6. The molecule has 1 fully saturated rings. The van der Waals surface area contributed by atoms with Gasteiger partial charge in [0, 0.05) is 35.6 Å². The molecule has 0 aliphatic carbocycles. The maximum Gasteiger partial charge on any atom is 0.227 e. The second kappa shape index (κ2) is 9.81. The topological polar surface area (TPSA) is 32.8 Å². The molecule has 34 heavy (non-hydrogen) atoms. The fraction of sp³-hybridized carbons (Fsp3) is 0.345. The molecule has 3 aromatic rings. The van der Waals surface area contributed by atoms with Crippen molar-refractivity contribution in [3.63, 3.8) is 0 Å². The summed E-state index contributed by atoms with van der Waals surface area (Å²) in [5, 5.41) is 0.785. The van der Waals surface area contributed by atoms with Gasteiger partial charge in [-0.25, -0.2) is 0 Å². The van der Waals surface area contributed by atoms with Gasteiger partial charge in [-0.15, -0.1) is 0 Å². The highest BCUT2D eigenvalue weighted by molar-refractivity contribution is 6.30. The fourth-order valence-electron chi connectivity index (χ4n) is 5.49. The van der Waals surface area contributed by atoms with E-state index in [-0.39, 0.29) is 11.3 Å². The maximum atomic E-state index is 13.4. The molecule has 1 spiro atoms. The molecular formula is C29H31ClN2O2. The lowest BCUT2D eigenvalue weighted by Crippen LogP contribution is -2.45. The first kappa shape index (κ1) is 22.9. The highest BCUT2D eigenvalue weighted by atomic mass is 35.5. The summed E-state index contributed by atoms with van der Waals surface area (Å²) in [5.41, 5.74) is 4.75. The standard InChI is InChI=1S/C29H31ClN2O2/c1-34-25-11-12-27-26(19-25)29(21-32(27)28(33)13-10-22-6-3-2-4-7-22)14-16-31(17-15-29)20-23-8-5-9-24(30)18-23/h2-9,11-12,18-19H,10,13-17,20-21H2,1H3. The minimum atomic E-state index is -0.0168. The minimum absolute atomic E-state index is 0.0168. The molecule has 2 heterocycles. The van der Waals surface area contributed by atoms with Gasteiger partial charge in [-0.2, -0.15) is 0 Å². The summed E-state index contributed by atoms with van der Waals surface area (Å²) in [6.07, 6.45) is 3.33. The van der Waals surface area contributed by atoms with Gasteiger partial charge in [0.2, 0.25) is 5.91 Å². The zero-order valence-corrected chi connectivity index (χ0v) is 20.4. The monoisotopic (exact) mass is 474 g/mol. The van der Waals surface area contributed by atoms with E-state index >= 15 is 0 Å². The van der Waals surface area contributed by atoms with Gasteiger partial charge in [0.15, 0.2) is 0 Å². The number of piperidine rings is 1. The zero-order valence-electron chi connectivity index (χ0n) is 19.7. The number of hydrogen-bond acceptors (Lipinski definition) is 3. The van der Waals surface area contributed by atoms with Crippen LogP contribution in [0.2, 0.25) is 5.02 Å². The Morgan fingerprint density at radius 2 is 1.74 bits per heavy atom. The Hall–Kier alpha value is -2.82. The normalized spacial score (nSPS) is 17.1. The van der Waals surface area contributed by atoms with E-state index < -0.39 is 0 Å². The third-order valence-corrected chi connectivity index (χ3v) is 7.64. The van der Waals surface area contributed by atoms with Crippen LogP contribution in [0.1, 0.15) is 36.0 Å². The smallest absolute Gasteiger partial charge is 0.227 e. The summed E-state index contributed by atoms with van der Waals surface area (Å²) < 4.78 is 5.56. The highest BCUT2D eigenvalue weighted by Crippen LogP contribution is 2.48. The number of carbonyl (C=O) groups is 1. The first-order valence-corrected chi connectivity index (χ1v) is 12.4. The Kier molecular flexibility index (Phi) is 6.62. The van der Waals surface area contributed by atoms with Gasteiger partial charge in [0.25, 0.3) is 0 Å². The van der Waals surface area contributed by atoms with Crippen molar-refractivity contribution >= 4 is 23.2 Å². The number of amides is 1. The van der Waals surface area contributed by atoms with E-state index in [2.05, 4.69) is 41.3 Å². The molecule has 2 aliphatic heterocycles. The lowest BCUT2D eigenvalue weighted by Gasteiger charge is -2.40. The predicted octanol–water partition coefficient (Wildman–Crippen LogP) is 5.86. The van der Waals surface area contributed by atoms with Crippen LogP contribution in [0, 0.1) is 0 Å². The molecule has 0 saturated carbocycles. The molecule has 1 amide bonds. The van der Waals surface area contributed by atoms with Crippen LogP contribution in [0.15, 0.2) is 72.8 Å². The lowest BCUT2D eigenvalue weighted by molar-refractivity contribution is -0.118. The van der Waals surface area contributed by atoms with E-state index in [4.69, 9.17) is 16.3 Å². The van der Waals surface area contributed by atoms with Crippen molar-refractivity contribution in [2.75, 3.05) is 31.6 Å². The van der Waals surface area contributed by atoms with Gasteiger partial charge in [-0.05, 0) is 79.4 Å². The second-order valence-corrected chi connectivity index (χ2v) is 9.97. The number of aryl methyl sites for hydroxylation is 1. The van der Waals surface area contributed by atoms with Crippen LogP contribution in [0.4, 0.5) is 5.69 Å². The number of benzene rings is 3. The first-order valence-electron chi connectivity index (χ1n) is 12.1. The number of methoxy groups -OCH3 is 1. The summed E-state index contributed by atoms with van der Waals surface area (Å²) >= 11 is 6.19. The molecule has 2 aliphatic rings. The van der Waals surface area contributed by atoms with Gasteiger partial charge in [-0.3, -0.25) is 9.69 Å². The molecule has 0 N–H and O–H groups in total. The molecule has 5 heteroatoms. The molecule has 5 rings (SSSR count). The summed E-state index contributed by atoms with van der Waals surface area (Å²) in [5.74, 6) is 1.06. The Balaban J connectivity index is 1.32. The molecule has 4 nitrogen and oxygen atoms in total. The first-order chi connectivity index (χ1) is 16.6. The van der Waals surface area contributed by atoms with Crippen LogP contribution in [0.5, 0.6) is 5.75 Å². The molecule has 1 saturated heterocycles. The fourth-order valence-corrected chi connectivity index (χ4v) is 5.70. The van der Waals surface area contributed by atoms with Crippen molar-refractivity contribution in [2.45, 2.75) is 37.6 Å². The van der Waals surface area contributed by atoms with E-state index in [9.17, 15) is 4.79 Å².